The van der Waals surface area contributed by atoms with E-state index in [4.69, 9.17) is 40.7 Å². The predicted octanol–water partition coefficient (Wildman–Crippen LogP) is 1.71. The maximum Gasteiger partial charge on any atom is 0.509 e. The minimum absolute atomic E-state index is 0.212. The highest BCUT2D eigenvalue weighted by Crippen LogP contribution is 2.50. The number of carbonyl (C=O) groups excluding carboxylic acids is 1. The van der Waals surface area contributed by atoms with Crippen molar-refractivity contribution in [2.75, 3.05) is 26.1 Å². The van der Waals surface area contributed by atoms with Gasteiger partial charge in [0.05, 0.1) is 12.3 Å². The highest BCUT2D eigenvalue weighted by Gasteiger charge is 2.69. The van der Waals surface area contributed by atoms with Crippen molar-refractivity contribution in [1.82, 2.24) is 14.6 Å². The number of ether oxygens (including phenoxy) is 6. The van der Waals surface area contributed by atoms with Crippen LogP contribution in [0.1, 0.15) is 32.6 Å². The minimum Gasteiger partial charge on any atom is -0.429 e. The molecule has 4 heterocycles. The number of rotatable bonds is 6. The fraction of sp³-hybridized carbons (Fsp3) is 0.600. The van der Waals surface area contributed by atoms with Crippen molar-refractivity contribution in [2.24, 2.45) is 0 Å². The number of fused-ring (bicyclic) bond motifs is 2. The van der Waals surface area contributed by atoms with Crippen LogP contribution in [0, 0.1) is 6.57 Å². The molecule has 0 saturated carbocycles. The van der Waals surface area contributed by atoms with Crippen molar-refractivity contribution in [1.29, 1.82) is 0 Å². The van der Waals surface area contributed by atoms with Crippen molar-refractivity contribution in [3.8, 4) is 0 Å². The molecule has 0 bridgehead atoms. The monoisotopic (exact) mass is 447 g/mol. The number of carbonyl (C=O) groups is 1. The Balaban J connectivity index is 1.61. The van der Waals surface area contributed by atoms with Gasteiger partial charge in [0, 0.05) is 7.11 Å². The standard InChI is InChI=1S/C20H25N5O7/c1-11(8-27-5)29-18(26)28-9-20(22-4)16-15(30-19(2,3)32-16)14(31-20)12-6-7-13-17(21)23-10-24-25(12)13/h6-7,10-11,14-16H,8-9H2,1-3,5H3,(H2,21,23,24)/t11-,14+,15+,16+,20-/m1/s1. The van der Waals surface area contributed by atoms with Crippen LogP contribution >= 0.6 is 0 Å². The first-order valence-electron chi connectivity index (χ1n) is 10.0. The Labute approximate surface area is 184 Å². The summed E-state index contributed by atoms with van der Waals surface area (Å²) in [5.74, 6) is -0.667. The van der Waals surface area contributed by atoms with Gasteiger partial charge in [-0.2, -0.15) is 5.10 Å². The highest BCUT2D eigenvalue weighted by atomic mass is 16.8. The Bertz CT molecular complexity index is 1050. The second-order valence-electron chi connectivity index (χ2n) is 8.14. The van der Waals surface area contributed by atoms with Crippen molar-refractivity contribution in [3.63, 3.8) is 0 Å². The van der Waals surface area contributed by atoms with E-state index in [1.54, 1.807) is 37.4 Å². The molecule has 12 heteroatoms. The lowest BCUT2D eigenvalue weighted by molar-refractivity contribution is -0.208. The summed E-state index contributed by atoms with van der Waals surface area (Å²) in [7, 11) is 1.49. The molecule has 2 fully saturated rings. The van der Waals surface area contributed by atoms with Crippen LogP contribution in [0.25, 0.3) is 10.4 Å². The molecule has 2 aromatic heterocycles. The van der Waals surface area contributed by atoms with Crippen LogP contribution in [0.3, 0.4) is 0 Å². The number of hydrogen-bond donors (Lipinski definition) is 1. The zero-order valence-corrected chi connectivity index (χ0v) is 18.2. The molecule has 172 valence electrons. The lowest BCUT2D eigenvalue weighted by Gasteiger charge is -2.25. The first-order valence-corrected chi connectivity index (χ1v) is 10.0. The fourth-order valence-corrected chi connectivity index (χ4v) is 4.00. The second kappa shape index (κ2) is 8.18. The Morgan fingerprint density at radius 3 is 2.88 bits per heavy atom. The van der Waals surface area contributed by atoms with E-state index in [1.165, 1.54) is 13.4 Å². The topological polar surface area (TPSA) is 133 Å². The molecule has 0 unspecified atom stereocenters. The van der Waals surface area contributed by atoms with Crippen LogP contribution in [0.5, 0.6) is 0 Å². The molecule has 0 radical (unpaired) electrons. The number of nitrogen functional groups attached to an aromatic ring is 1. The smallest absolute Gasteiger partial charge is 0.429 e. The van der Waals surface area contributed by atoms with Crippen molar-refractivity contribution < 1.29 is 33.2 Å². The molecule has 2 saturated heterocycles. The Morgan fingerprint density at radius 2 is 2.16 bits per heavy atom. The maximum atomic E-state index is 12.1. The molecule has 0 spiro atoms. The summed E-state index contributed by atoms with van der Waals surface area (Å²) >= 11 is 0. The van der Waals surface area contributed by atoms with Crippen LogP contribution < -0.4 is 5.73 Å². The van der Waals surface area contributed by atoms with Crippen LogP contribution in [-0.2, 0) is 28.4 Å². The quantitative estimate of drug-likeness (QED) is 0.515. The zero-order chi connectivity index (χ0) is 23.1. The fourth-order valence-electron chi connectivity index (χ4n) is 4.00. The number of nitrogens with zero attached hydrogens (tertiary/aromatic N) is 4. The van der Waals surface area contributed by atoms with Crippen LogP contribution in [0.2, 0.25) is 0 Å². The summed E-state index contributed by atoms with van der Waals surface area (Å²) < 4.78 is 35.1. The number of nitrogens with two attached hydrogens (primary N) is 1. The SMILES string of the molecule is [C-]#[N+][C@]1(COC(=O)O[C@H](C)COC)O[C@@H](c2ccc3c(N)ncnn23)[C@@H]2OC(C)(C)O[C@@H]21. The first-order chi connectivity index (χ1) is 15.2. The van der Waals surface area contributed by atoms with E-state index in [2.05, 4.69) is 14.9 Å². The number of hydrogen-bond acceptors (Lipinski definition) is 10. The van der Waals surface area contributed by atoms with E-state index in [-0.39, 0.29) is 6.61 Å². The van der Waals surface area contributed by atoms with Crippen molar-refractivity contribution in [2.45, 2.75) is 56.7 Å². The first kappa shape index (κ1) is 22.2. The molecule has 32 heavy (non-hydrogen) atoms. The lowest BCUT2D eigenvalue weighted by atomic mass is 10.0. The third-order valence-corrected chi connectivity index (χ3v) is 5.29. The van der Waals surface area contributed by atoms with Gasteiger partial charge in [-0.1, -0.05) is 0 Å². The molecule has 2 aliphatic rings. The molecule has 5 atom stereocenters. The third-order valence-electron chi connectivity index (χ3n) is 5.29. The van der Waals surface area contributed by atoms with Gasteiger partial charge >= 0.3 is 11.9 Å². The van der Waals surface area contributed by atoms with Crippen molar-refractivity contribution in [3.05, 3.63) is 35.6 Å². The highest BCUT2D eigenvalue weighted by molar-refractivity contribution is 5.65. The summed E-state index contributed by atoms with van der Waals surface area (Å²) in [5.41, 5.74) is 5.49. The summed E-state index contributed by atoms with van der Waals surface area (Å²) in [4.78, 5) is 19.8. The van der Waals surface area contributed by atoms with E-state index >= 15 is 0 Å². The molecule has 2 N–H and O–H groups in total. The third kappa shape index (κ3) is 3.84. The van der Waals surface area contributed by atoms with Gasteiger partial charge in [-0.05, 0) is 32.9 Å². The van der Waals surface area contributed by atoms with Gasteiger partial charge in [0.15, 0.2) is 17.7 Å². The normalized spacial score (nSPS) is 29.4. The molecule has 2 aromatic rings. The Morgan fingerprint density at radius 1 is 1.38 bits per heavy atom. The zero-order valence-electron chi connectivity index (χ0n) is 18.2. The van der Waals surface area contributed by atoms with Crippen LogP contribution in [-0.4, -0.2) is 70.9 Å². The van der Waals surface area contributed by atoms with E-state index in [9.17, 15) is 4.79 Å². The van der Waals surface area contributed by atoms with E-state index < -0.39 is 48.7 Å². The van der Waals surface area contributed by atoms with Gasteiger partial charge in [-0.25, -0.2) is 20.9 Å². The van der Waals surface area contributed by atoms with Gasteiger partial charge in [0.1, 0.15) is 30.2 Å². The maximum absolute atomic E-state index is 12.1. The molecular formula is C20H25N5O7. The van der Waals surface area contributed by atoms with Crippen molar-refractivity contribution >= 4 is 17.5 Å². The number of anilines is 1. The Kier molecular flexibility index (Phi) is 5.68. The van der Waals surface area contributed by atoms with Gasteiger partial charge < -0.3 is 29.4 Å². The number of aromatic nitrogens is 3. The summed E-state index contributed by atoms with van der Waals surface area (Å²) in [6, 6.07) is 3.53. The largest absolute Gasteiger partial charge is 0.509 e. The molecule has 0 aromatic carbocycles. The number of methoxy groups -OCH3 is 1. The summed E-state index contributed by atoms with van der Waals surface area (Å²) in [5, 5.41) is 4.25. The minimum atomic E-state index is -1.64. The predicted molar refractivity (Wildman–Crippen MR) is 108 cm³/mol. The van der Waals surface area contributed by atoms with E-state index in [0.717, 1.165) is 0 Å². The molecule has 2 aliphatic heterocycles. The molecule has 12 nitrogen and oxygen atoms in total. The van der Waals surface area contributed by atoms with Gasteiger partial charge in [0.25, 0.3) is 0 Å². The molecular weight excluding hydrogens is 422 g/mol. The van der Waals surface area contributed by atoms with E-state index in [0.29, 0.717) is 17.0 Å². The van der Waals surface area contributed by atoms with E-state index in [1.807, 2.05) is 0 Å². The van der Waals surface area contributed by atoms with Crippen LogP contribution in [0.15, 0.2) is 18.5 Å². The van der Waals surface area contributed by atoms with Crippen LogP contribution in [0.4, 0.5) is 10.6 Å². The summed E-state index contributed by atoms with van der Waals surface area (Å²) in [6.07, 6.45) is -2.33. The molecule has 4 rings (SSSR count). The van der Waals surface area contributed by atoms with Gasteiger partial charge in [0.2, 0.25) is 6.61 Å². The van der Waals surface area contributed by atoms with Gasteiger partial charge in [-0.15, -0.1) is 0 Å². The Hall–Kier alpha value is -2.98. The summed E-state index contributed by atoms with van der Waals surface area (Å²) in [6.45, 7) is 12.8. The second-order valence-corrected chi connectivity index (χ2v) is 8.14. The molecule has 0 amide bonds. The average Bonchev–Trinajstić information content (AvgIpc) is 3.38. The molecule has 0 aliphatic carbocycles. The lowest BCUT2D eigenvalue weighted by Crippen LogP contribution is -2.45. The average molecular weight is 447 g/mol. The van der Waals surface area contributed by atoms with Gasteiger partial charge in [-0.3, -0.25) is 9.58 Å².